The number of carbonyl (C=O) groups excluding carboxylic acids is 1. The number of aliphatic imine (C=N–C) groups is 1. The molecule has 4 nitrogen and oxygen atoms in total. The van der Waals surface area contributed by atoms with Crippen LogP contribution in [0.15, 0.2) is 52.9 Å². The van der Waals surface area contributed by atoms with E-state index in [1.807, 2.05) is 50.2 Å². The van der Waals surface area contributed by atoms with Gasteiger partial charge in [0.2, 0.25) is 0 Å². The van der Waals surface area contributed by atoms with Gasteiger partial charge in [-0.3, -0.25) is 9.79 Å². The molecule has 0 radical (unpaired) electrons. The van der Waals surface area contributed by atoms with E-state index in [2.05, 4.69) is 26.7 Å². The molecule has 2 aliphatic rings. The molecule has 0 saturated heterocycles. The Morgan fingerprint density at radius 2 is 1.84 bits per heavy atom. The van der Waals surface area contributed by atoms with Gasteiger partial charge in [-0.2, -0.15) is 0 Å². The van der Waals surface area contributed by atoms with Crippen LogP contribution in [0.1, 0.15) is 27.0 Å². The summed E-state index contributed by atoms with van der Waals surface area (Å²) in [5, 5.41) is 6.20. The lowest BCUT2D eigenvalue weighted by Gasteiger charge is -2.17. The molecule has 4 rings (SSSR count). The zero-order valence-corrected chi connectivity index (χ0v) is 15.1. The molecular formula is C20H19N3OS. The van der Waals surface area contributed by atoms with Gasteiger partial charge in [0.15, 0.2) is 5.17 Å². The van der Waals surface area contributed by atoms with E-state index in [-0.39, 0.29) is 5.91 Å². The van der Waals surface area contributed by atoms with Crippen molar-refractivity contribution in [3.63, 3.8) is 0 Å². The van der Waals surface area contributed by atoms with Gasteiger partial charge in [0.05, 0.1) is 12.2 Å². The first-order chi connectivity index (χ1) is 12.1. The molecular weight excluding hydrogens is 330 g/mol. The van der Waals surface area contributed by atoms with Crippen LogP contribution in [-0.2, 0) is 0 Å². The molecule has 2 aromatic carbocycles. The van der Waals surface area contributed by atoms with Crippen molar-refractivity contribution in [2.24, 2.45) is 4.99 Å². The number of aryl methyl sites for hydroxylation is 2. The van der Waals surface area contributed by atoms with E-state index in [1.54, 1.807) is 11.8 Å². The van der Waals surface area contributed by atoms with Crippen molar-refractivity contribution >= 4 is 34.2 Å². The lowest BCUT2D eigenvalue weighted by molar-refractivity contribution is 0.102. The highest BCUT2D eigenvalue weighted by atomic mass is 32.2. The normalized spacial score (nSPS) is 15.7. The third kappa shape index (κ3) is 3.20. The number of amidine groups is 1. The number of amides is 1. The van der Waals surface area contributed by atoms with Crippen molar-refractivity contribution in [1.29, 1.82) is 0 Å². The van der Waals surface area contributed by atoms with Gasteiger partial charge < -0.3 is 10.2 Å². The van der Waals surface area contributed by atoms with E-state index in [1.165, 1.54) is 5.70 Å². The average molecular weight is 349 g/mol. The third-order valence-electron chi connectivity index (χ3n) is 4.29. The molecule has 2 aromatic rings. The number of thioether (sulfide) groups is 1. The second-order valence-corrected chi connectivity index (χ2v) is 7.18. The summed E-state index contributed by atoms with van der Waals surface area (Å²) in [5.41, 5.74) is 6.00. The summed E-state index contributed by atoms with van der Waals surface area (Å²) in [7, 11) is 0. The number of nitrogens with one attached hydrogen (secondary N) is 1. The van der Waals surface area contributed by atoms with Gasteiger partial charge in [0.25, 0.3) is 5.91 Å². The number of hydrogen-bond acceptors (Lipinski definition) is 4. The molecule has 0 spiro atoms. The Morgan fingerprint density at radius 3 is 2.56 bits per heavy atom. The minimum Gasteiger partial charge on any atom is -0.322 e. The molecule has 2 aliphatic heterocycles. The molecule has 2 heterocycles. The van der Waals surface area contributed by atoms with Gasteiger partial charge in [-0.25, -0.2) is 0 Å². The maximum Gasteiger partial charge on any atom is 0.255 e. The average Bonchev–Trinajstić information content (AvgIpc) is 3.18. The topological polar surface area (TPSA) is 44.7 Å². The highest BCUT2D eigenvalue weighted by Gasteiger charge is 2.26. The van der Waals surface area contributed by atoms with Gasteiger partial charge in [-0.15, -0.1) is 0 Å². The molecule has 0 bridgehead atoms. The van der Waals surface area contributed by atoms with Crippen molar-refractivity contribution in [1.82, 2.24) is 4.90 Å². The highest BCUT2D eigenvalue weighted by Crippen LogP contribution is 2.35. The van der Waals surface area contributed by atoms with E-state index >= 15 is 0 Å². The van der Waals surface area contributed by atoms with E-state index in [0.29, 0.717) is 5.56 Å². The second-order valence-electron chi connectivity index (χ2n) is 6.34. The minimum atomic E-state index is -0.0795. The molecule has 1 amide bonds. The number of rotatable bonds is 3. The predicted molar refractivity (Wildman–Crippen MR) is 105 cm³/mol. The van der Waals surface area contributed by atoms with Crippen LogP contribution in [0.5, 0.6) is 0 Å². The van der Waals surface area contributed by atoms with Gasteiger partial charge >= 0.3 is 0 Å². The Balaban J connectivity index is 1.49. The zero-order valence-electron chi connectivity index (χ0n) is 14.2. The van der Waals surface area contributed by atoms with E-state index < -0.39 is 0 Å². The minimum absolute atomic E-state index is 0.0795. The maximum atomic E-state index is 12.5. The zero-order chi connectivity index (χ0) is 17.4. The van der Waals surface area contributed by atoms with Crippen molar-refractivity contribution in [3.8, 4) is 0 Å². The Hall–Kier alpha value is -2.53. The number of benzene rings is 2. The van der Waals surface area contributed by atoms with Gasteiger partial charge in [-0.1, -0.05) is 41.1 Å². The molecule has 0 saturated carbocycles. The van der Waals surface area contributed by atoms with E-state index in [9.17, 15) is 4.79 Å². The van der Waals surface area contributed by atoms with Crippen LogP contribution in [0.4, 0.5) is 5.69 Å². The Labute approximate surface area is 151 Å². The SMILES string of the molecule is Cc1cc(C)cc(C(=O)Nc2ccc(C3=CSC4=NCCN34)cc2)c1. The Bertz CT molecular complexity index is 879. The number of hydrogen-bond donors (Lipinski definition) is 1. The van der Waals surface area contributed by atoms with Gasteiger partial charge in [0.1, 0.15) is 0 Å². The Kier molecular flexibility index (Phi) is 4.09. The van der Waals surface area contributed by atoms with Crippen LogP contribution in [0.3, 0.4) is 0 Å². The summed E-state index contributed by atoms with van der Waals surface area (Å²) in [4.78, 5) is 19.2. The summed E-state index contributed by atoms with van der Waals surface area (Å²) in [6.07, 6.45) is 0. The highest BCUT2D eigenvalue weighted by molar-refractivity contribution is 8.16. The molecule has 25 heavy (non-hydrogen) atoms. The summed E-state index contributed by atoms with van der Waals surface area (Å²) in [5.74, 6) is -0.0795. The molecule has 0 aliphatic carbocycles. The fourth-order valence-electron chi connectivity index (χ4n) is 3.18. The first-order valence-corrected chi connectivity index (χ1v) is 9.17. The number of nitrogens with zero attached hydrogens (tertiary/aromatic N) is 2. The molecule has 0 unspecified atom stereocenters. The standard InChI is InChI=1S/C20H19N3OS/c1-13-9-14(2)11-16(10-13)19(24)22-17-5-3-15(4-6-17)18-12-25-20-21-7-8-23(18)20/h3-6,9-12H,7-8H2,1-2H3,(H,22,24). The molecule has 1 N–H and O–H groups in total. The number of fused-ring (bicyclic) bond motifs is 1. The first-order valence-electron chi connectivity index (χ1n) is 8.29. The lowest BCUT2D eigenvalue weighted by Crippen LogP contribution is -2.19. The fourth-order valence-corrected chi connectivity index (χ4v) is 4.14. The van der Waals surface area contributed by atoms with Gasteiger partial charge in [-0.05, 0) is 43.7 Å². The molecule has 5 heteroatoms. The summed E-state index contributed by atoms with van der Waals surface area (Å²) in [6.45, 7) is 5.81. The molecule has 0 aromatic heterocycles. The summed E-state index contributed by atoms with van der Waals surface area (Å²) >= 11 is 1.67. The van der Waals surface area contributed by atoms with E-state index in [0.717, 1.165) is 40.6 Å². The largest absolute Gasteiger partial charge is 0.322 e. The number of carbonyl (C=O) groups is 1. The fraction of sp³-hybridized carbons (Fsp3) is 0.200. The van der Waals surface area contributed by atoms with E-state index in [4.69, 9.17) is 0 Å². The Morgan fingerprint density at radius 1 is 1.12 bits per heavy atom. The molecule has 126 valence electrons. The monoisotopic (exact) mass is 349 g/mol. The van der Waals surface area contributed by atoms with Crippen LogP contribution in [0, 0.1) is 13.8 Å². The van der Waals surface area contributed by atoms with Crippen molar-refractivity contribution in [2.45, 2.75) is 13.8 Å². The first kappa shape index (κ1) is 16.0. The van der Waals surface area contributed by atoms with Crippen LogP contribution in [-0.4, -0.2) is 29.1 Å². The third-order valence-corrected chi connectivity index (χ3v) is 5.19. The summed E-state index contributed by atoms with van der Waals surface area (Å²) < 4.78 is 0. The second kappa shape index (κ2) is 6.41. The lowest BCUT2D eigenvalue weighted by atomic mass is 10.1. The van der Waals surface area contributed by atoms with Crippen LogP contribution < -0.4 is 5.32 Å². The van der Waals surface area contributed by atoms with Crippen LogP contribution in [0.25, 0.3) is 5.70 Å². The van der Waals surface area contributed by atoms with Crippen molar-refractivity contribution in [2.75, 3.05) is 18.4 Å². The maximum absolute atomic E-state index is 12.5. The number of anilines is 1. The molecule has 0 atom stereocenters. The van der Waals surface area contributed by atoms with Crippen molar-refractivity contribution in [3.05, 3.63) is 70.1 Å². The van der Waals surface area contributed by atoms with Crippen LogP contribution in [0.2, 0.25) is 0 Å². The summed E-state index contributed by atoms with van der Waals surface area (Å²) in [6, 6.07) is 13.9. The smallest absolute Gasteiger partial charge is 0.255 e. The quantitative estimate of drug-likeness (QED) is 0.900. The van der Waals surface area contributed by atoms with Gasteiger partial charge in [0, 0.05) is 23.2 Å². The van der Waals surface area contributed by atoms with Crippen LogP contribution >= 0.6 is 11.8 Å². The predicted octanol–water partition coefficient (Wildman–Crippen LogP) is 4.27. The molecule has 0 fully saturated rings. The van der Waals surface area contributed by atoms with Crippen molar-refractivity contribution < 1.29 is 4.79 Å².